The van der Waals surface area contributed by atoms with E-state index in [0.29, 0.717) is 33.8 Å². The molecule has 5 rings (SSSR count). The smallest absolute Gasteiger partial charge is 0.265 e. The Hall–Kier alpha value is -3.51. The van der Waals surface area contributed by atoms with Crippen molar-refractivity contribution in [1.82, 2.24) is 24.1 Å². The van der Waals surface area contributed by atoms with E-state index in [-0.39, 0.29) is 5.56 Å². The van der Waals surface area contributed by atoms with Crippen LogP contribution in [0.3, 0.4) is 0 Å². The summed E-state index contributed by atoms with van der Waals surface area (Å²) in [7, 11) is 0. The van der Waals surface area contributed by atoms with Crippen molar-refractivity contribution in [2.45, 2.75) is 6.54 Å². The van der Waals surface area contributed by atoms with Crippen LogP contribution in [0.15, 0.2) is 72.3 Å². The van der Waals surface area contributed by atoms with E-state index < -0.39 is 0 Å². The fraction of sp³-hybridized carbons (Fsp3) is 0.0476. The number of halogens is 1. The molecule has 0 aliphatic heterocycles. The highest BCUT2D eigenvalue weighted by atomic mass is 35.5. The Morgan fingerprint density at radius 2 is 1.82 bits per heavy atom. The van der Waals surface area contributed by atoms with Crippen LogP contribution in [0, 0.1) is 0 Å². The van der Waals surface area contributed by atoms with Gasteiger partial charge in [-0.2, -0.15) is 0 Å². The molecule has 0 aliphatic rings. The van der Waals surface area contributed by atoms with Gasteiger partial charge in [-0.1, -0.05) is 35.9 Å². The number of aromatic nitrogens is 5. The predicted molar refractivity (Wildman–Crippen MR) is 111 cm³/mol. The van der Waals surface area contributed by atoms with Crippen molar-refractivity contribution in [3.05, 3.63) is 82.9 Å². The van der Waals surface area contributed by atoms with Crippen LogP contribution in [0.1, 0.15) is 0 Å². The monoisotopic (exact) mass is 387 g/mol. The van der Waals surface area contributed by atoms with Gasteiger partial charge in [-0.25, -0.2) is 15.0 Å². The van der Waals surface area contributed by atoms with Gasteiger partial charge in [0.15, 0.2) is 11.3 Å². The van der Waals surface area contributed by atoms with Crippen molar-refractivity contribution < 1.29 is 0 Å². The van der Waals surface area contributed by atoms with Gasteiger partial charge < -0.3 is 0 Å². The molecule has 0 radical (unpaired) electrons. The molecule has 28 heavy (non-hydrogen) atoms. The first kappa shape index (κ1) is 16.6. The van der Waals surface area contributed by atoms with Gasteiger partial charge in [0.05, 0.1) is 16.7 Å². The molecule has 0 N–H and O–H groups in total. The lowest BCUT2D eigenvalue weighted by Gasteiger charge is -2.07. The van der Waals surface area contributed by atoms with E-state index in [1.807, 2.05) is 47.0 Å². The van der Waals surface area contributed by atoms with E-state index in [4.69, 9.17) is 21.6 Å². The zero-order chi connectivity index (χ0) is 19.3. The molecule has 6 nitrogen and oxygen atoms in total. The molecule has 3 heterocycles. The number of rotatable bonds is 3. The Morgan fingerprint density at radius 1 is 1.04 bits per heavy atom. The Kier molecular flexibility index (Phi) is 3.74. The minimum Gasteiger partial charge on any atom is -0.295 e. The standard InChI is InChI=1S/C21H14ClN5O/c1-2-10-26-12-23-19-17(21(26)28)18-20(25-16-9-4-3-8-15(16)24-18)27(19)14-7-5-6-13(22)11-14/h2-9,11-12H,1,10H2. The number of benzene rings is 2. The molecule has 0 bridgehead atoms. The van der Waals surface area contributed by atoms with Gasteiger partial charge in [0.1, 0.15) is 17.2 Å². The van der Waals surface area contributed by atoms with E-state index in [0.717, 1.165) is 16.7 Å². The fourth-order valence-corrected chi connectivity index (χ4v) is 3.59. The molecule has 0 amide bonds. The summed E-state index contributed by atoms with van der Waals surface area (Å²) < 4.78 is 3.34. The maximum atomic E-state index is 13.1. The van der Waals surface area contributed by atoms with Gasteiger partial charge >= 0.3 is 0 Å². The quantitative estimate of drug-likeness (QED) is 0.437. The first-order chi connectivity index (χ1) is 13.7. The molecule has 3 aromatic heterocycles. The number of hydrogen-bond acceptors (Lipinski definition) is 4. The van der Waals surface area contributed by atoms with Crippen molar-refractivity contribution in [2.24, 2.45) is 0 Å². The summed E-state index contributed by atoms with van der Waals surface area (Å²) in [6, 6.07) is 14.9. The summed E-state index contributed by atoms with van der Waals surface area (Å²) in [5.41, 5.74) is 3.64. The zero-order valence-electron chi connectivity index (χ0n) is 14.7. The highest BCUT2D eigenvalue weighted by Gasteiger charge is 2.20. The van der Waals surface area contributed by atoms with Gasteiger partial charge in [0, 0.05) is 11.6 Å². The molecule has 0 aliphatic carbocycles. The second kappa shape index (κ2) is 6.28. The third-order valence-corrected chi connectivity index (χ3v) is 4.86. The van der Waals surface area contributed by atoms with Crippen LogP contribution in [0.5, 0.6) is 0 Å². The molecule has 0 saturated heterocycles. The molecule has 0 saturated carbocycles. The van der Waals surface area contributed by atoms with E-state index >= 15 is 0 Å². The maximum Gasteiger partial charge on any atom is 0.265 e. The van der Waals surface area contributed by atoms with Gasteiger partial charge in [-0.3, -0.25) is 13.9 Å². The highest BCUT2D eigenvalue weighted by molar-refractivity contribution is 6.30. The van der Waals surface area contributed by atoms with Crippen LogP contribution >= 0.6 is 11.6 Å². The van der Waals surface area contributed by atoms with E-state index in [9.17, 15) is 4.79 Å². The summed E-state index contributed by atoms with van der Waals surface area (Å²) >= 11 is 6.21. The van der Waals surface area contributed by atoms with Gasteiger partial charge in [-0.15, -0.1) is 6.58 Å². The highest BCUT2D eigenvalue weighted by Crippen LogP contribution is 2.29. The first-order valence-corrected chi connectivity index (χ1v) is 9.08. The summed E-state index contributed by atoms with van der Waals surface area (Å²) in [5.74, 6) is 0. The third kappa shape index (κ3) is 2.42. The summed E-state index contributed by atoms with van der Waals surface area (Å²) in [5, 5.41) is 1.01. The van der Waals surface area contributed by atoms with E-state index in [1.165, 1.54) is 10.9 Å². The lowest BCUT2D eigenvalue weighted by atomic mass is 10.3. The average Bonchev–Trinajstić information content (AvgIpc) is 3.02. The second-order valence-electron chi connectivity index (χ2n) is 6.39. The number of para-hydroxylation sites is 2. The van der Waals surface area contributed by atoms with Crippen LogP contribution in [0.2, 0.25) is 5.02 Å². The molecule has 0 atom stereocenters. The minimum absolute atomic E-state index is 0.180. The van der Waals surface area contributed by atoms with Crippen molar-refractivity contribution in [3.63, 3.8) is 0 Å². The van der Waals surface area contributed by atoms with Crippen LogP contribution in [-0.2, 0) is 6.54 Å². The van der Waals surface area contributed by atoms with Gasteiger partial charge in [-0.05, 0) is 30.3 Å². The molecular formula is C21H14ClN5O. The predicted octanol–water partition coefficient (Wildman–Crippen LogP) is 4.12. The maximum absolute atomic E-state index is 13.1. The topological polar surface area (TPSA) is 65.6 Å². The lowest BCUT2D eigenvalue weighted by molar-refractivity contribution is 0.766. The number of allylic oxidation sites excluding steroid dienone is 1. The number of nitrogens with zero attached hydrogens (tertiary/aromatic N) is 5. The molecule has 2 aromatic carbocycles. The molecule has 7 heteroatoms. The van der Waals surface area contributed by atoms with E-state index in [1.54, 1.807) is 12.1 Å². The van der Waals surface area contributed by atoms with Crippen molar-refractivity contribution in [2.75, 3.05) is 0 Å². The second-order valence-corrected chi connectivity index (χ2v) is 6.83. The molecule has 136 valence electrons. The number of hydrogen-bond donors (Lipinski definition) is 0. The van der Waals surface area contributed by atoms with Crippen molar-refractivity contribution in [3.8, 4) is 5.69 Å². The zero-order valence-corrected chi connectivity index (χ0v) is 15.5. The van der Waals surface area contributed by atoms with Gasteiger partial charge in [0.25, 0.3) is 5.56 Å². The normalized spacial score (nSPS) is 11.5. The molecular weight excluding hydrogens is 374 g/mol. The largest absolute Gasteiger partial charge is 0.295 e. The molecule has 0 unspecified atom stereocenters. The summed E-state index contributed by atoms with van der Waals surface area (Å²) in [6.07, 6.45) is 3.18. The Balaban J connectivity index is 2.01. The van der Waals surface area contributed by atoms with Crippen LogP contribution < -0.4 is 5.56 Å². The third-order valence-electron chi connectivity index (χ3n) is 4.62. The van der Waals surface area contributed by atoms with Crippen LogP contribution in [-0.4, -0.2) is 24.1 Å². The molecule has 0 fully saturated rings. The number of fused-ring (bicyclic) bond motifs is 4. The van der Waals surface area contributed by atoms with Gasteiger partial charge in [0.2, 0.25) is 0 Å². The lowest BCUT2D eigenvalue weighted by Crippen LogP contribution is -2.20. The Morgan fingerprint density at radius 3 is 2.57 bits per heavy atom. The van der Waals surface area contributed by atoms with E-state index in [2.05, 4.69) is 11.6 Å². The van der Waals surface area contributed by atoms with Crippen LogP contribution in [0.4, 0.5) is 0 Å². The Labute approximate surface area is 164 Å². The Bertz CT molecular complexity index is 1450. The van der Waals surface area contributed by atoms with Crippen molar-refractivity contribution >= 4 is 44.8 Å². The molecule has 5 aromatic rings. The average molecular weight is 388 g/mol. The summed E-state index contributed by atoms with van der Waals surface area (Å²) in [4.78, 5) is 27.2. The molecule has 0 spiro atoms. The summed E-state index contributed by atoms with van der Waals surface area (Å²) in [6.45, 7) is 4.08. The first-order valence-electron chi connectivity index (χ1n) is 8.70. The van der Waals surface area contributed by atoms with Crippen molar-refractivity contribution in [1.29, 1.82) is 0 Å². The minimum atomic E-state index is -0.180. The van der Waals surface area contributed by atoms with Crippen LogP contribution in [0.25, 0.3) is 38.9 Å². The fourth-order valence-electron chi connectivity index (χ4n) is 3.40. The SMILES string of the molecule is C=CCn1cnc2c(c1=O)c1nc3ccccc3nc1n2-c1cccc(Cl)c1.